The van der Waals surface area contributed by atoms with Gasteiger partial charge in [0, 0.05) is 38.4 Å². The van der Waals surface area contributed by atoms with Crippen LogP contribution in [0.3, 0.4) is 0 Å². The van der Waals surface area contributed by atoms with Gasteiger partial charge in [-0.1, -0.05) is 12.1 Å². The number of aromatic hydroxyl groups is 1. The SMILES string of the molecule is Cc1cc(N2CCC3(CCCN(C)C3=O)C2)nc(-c2ccccc2O)n1. The minimum absolute atomic E-state index is 0.172. The van der Waals surface area contributed by atoms with Gasteiger partial charge in [0.1, 0.15) is 11.6 Å². The monoisotopic (exact) mass is 352 g/mol. The van der Waals surface area contributed by atoms with Gasteiger partial charge in [0.25, 0.3) is 0 Å². The molecule has 2 aliphatic heterocycles. The van der Waals surface area contributed by atoms with Crippen molar-refractivity contribution in [2.24, 2.45) is 5.41 Å². The van der Waals surface area contributed by atoms with Gasteiger partial charge in [0.05, 0.1) is 11.0 Å². The van der Waals surface area contributed by atoms with Crippen molar-refractivity contribution < 1.29 is 9.90 Å². The van der Waals surface area contributed by atoms with Gasteiger partial charge in [0.15, 0.2) is 5.82 Å². The molecule has 1 unspecified atom stereocenters. The minimum atomic E-state index is -0.277. The Kier molecular flexibility index (Phi) is 4.05. The highest BCUT2D eigenvalue weighted by atomic mass is 16.3. The van der Waals surface area contributed by atoms with Crippen LogP contribution in [0.25, 0.3) is 11.4 Å². The molecule has 1 aromatic heterocycles. The molecule has 4 rings (SSSR count). The van der Waals surface area contributed by atoms with Crippen molar-refractivity contribution in [3.63, 3.8) is 0 Å². The van der Waals surface area contributed by atoms with E-state index in [4.69, 9.17) is 4.98 Å². The summed E-state index contributed by atoms with van der Waals surface area (Å²) in [5.74, 6) is 1.78. The van der Waals surface area contributed by atoms with Crippen LogP contribution in [-0.2, 0) is 4.79 Å². The van der Waals surface area contributed by atoms with Gasteiger partial charge in [-0.25, -0.2) is 9.97 Å². The molecule has 6 heteroatoms. The highest BCUT2D eigenvalue weighted by molar-refractivity contribution is 5.84. The highest BCUT2D eigenvalue weighted by Crippen LogP contribution is 2.41. The first-order valence-corrected chi connectivity index (χ1v) is 9.13. The number of aryl methyl sites for hydroxylation is 1. The number of piperidine rings is 1. The molecule has 0 aliphatic carbocycles. The second-order valence-corrected chi connectivity index (χ2v) is 7.49. The Labute approximate surface area is 153 Å². The van der Waals surface area contributed by atoms with Crippen molar-refractivity contribution in [3.8, 4) is 17.1 Å². The second-order valence-electron chi connectivity index (χ2n) is 7.49. The number of hydrogen-bond acceptors (Lipinski definition) is 5. The normalized spacial score (nSPS) is 23.1. The van der Waals surface area contributed by atoms with Crippen molar-refractivity contribution in [2.75, 3.05) is 31.6 Å². The van der Waals surface area contributed by atoms with E-state index in [2.05, 4.69) is 9.88 Å². The fourth-order valence-corrected chi connectivity index (χ4v) is 4.21. The van der Waals surface area contributed by atoms with Gasteiger partial charge in [-0.05, 0) is 38.3 Å². The maximum Gasteiger partial charge on any atom is 0.230 e. The van der Waals surface area contributed by atoms with Crippen LogP contribution >= 0.6 is 0 Å². The van der Waals surface area contributed by atoms with Gasteiger partial charge < -0.3 is 14.9 Å². The van der Waals surface area contributed by atoms with Crippen LogP contribution in [0, 0.1) is 12.3 Å². The summed E-state index contributed by atoms with van der Waals surface area (Å²) in [6.45, 7) is 4.30. The fraction of sp³-hybridized carbons (Fsp3) is 0.450. The van der Waals surface area contributed by atoms with E-state index in [1.807, 2.05) is 37.1 Å². The Hall–Kier alpha value is -2.63. The molecule has 3 heterocycles. The number of carbonyl (C=O) groups is 1. The zero-order valence-corrected chi connectivity index (χ0v) is 15.3. The lowest BCUT2D eigenvalue weighted by Crippen LogP contribution is -2.48. The van der Waals surface area contributed by atoms with Gasteiger partial charge >= 0.3 is 0 Å². The van der Waals surface area contributed by atoms with Gasteiger partial charge in [-0.3, -0.25) is 4.79 Å². The lowest BCUT2D eigenvalue weighted by molar-refractivity contribution is -0.143. The molecule has 0 radical (unpaired) electrons. The molecule has 1 amide bonds. The van der Waals surface area contributed by atoms with Crippen LogP contribution in [0.2, 0.25) is 0 Å². The predicted molar refractivity (Wildman–Crippen MR) is 100 cm³/mol. The van der Waals surface area contributed by atoms with E-state index in [-0.39, 0.29) is 17.1 Å². The Bertz CT molecular complexity index is 853. The second kappa shape index (κ2) is 6.27. The lowest BCUT2D eigenvalue weighted by atomic mass is 9.78. The zero-order valence-electron chi connectivity index (χ0n) is 15.3. The molecule has 1 aromatic carbocycles. The number of para-hydroxylation sites is 1. The molecule has 2 saturated heterocycles. The number of likely N-dealkylation sites (tertiary alicyclic amines) is 1. The van der Waals surface area contributed by atoms with Crippen LogP contribution < -0.4 is 4.90 Å². The number of carbonyl (C=O) groups excluding carboxylic acids is 1. The highest BCUT2D eigenvalue weighted by Gasteiger charge is 2.47. The summed E-state index contributed by atoms with van der Waals surface area (Å²) in [5, 5.41) is 10.1. The maximum absolute atomic E-state index is 12.8. The first kappa shape index (κ1) is 16.8. The standard InChI is InChI=1S/C20H24N4O2/c1-14-12-17(22-18(21-14)15-6-3-4-7-16(15)25)24-11-9-20(13-24)8-5-10-23(2)19(20)26/h3-4,6-7,12,25H,5,8-11,13H2,1-2H3. The molecule has 2 aromatic rings. The van der Waals surface area contributed by atoms with Crippen LogP contribution in [0.15, 0.2) is 30.3 Å². The van der Waals surface area contributed by atoms with Gasteiger partial charge in [0.2, 0.25) is 5.91 Å². The van der Waals surface area contributed by atoms with Crippen LogP contribution in [0.4, 0.5) is 5.82 Å². The van der Waals surface area contributed by atoms with Crippen LogP contribution in [0.1, 0.15) is 25.0 Å². The molecule has 2 fully saturated rings. The fourth-order valence-electron chi connectivity index (χ4n) is 4.21. The zero-order chi connectivity index (χ0) is 18.3. The number of anilines is 1. The van der Waals surface area contributed by atoms with Crippen LogP contribution in [-0.4, -0.2) is 52.6 Å². The van der Waals surface area contributed by atoms with E-state index in [0.717, 1.165) is 43.9 Å². The van der Waals surface area contributed by atoms with Gasteiger partial charge in [-0.2, -0.15) is 0 Å². The average Bonchev–Trinajstić information content (AvgIpc) is 3.05. The van der Waals surface area contributed by atoms with Crippen molar-refractivity contribution in [1.29, 1.82) is 0 Å². The molecular formula is C20H24N4O2. The molecule has 0 bridgehead atoms. The number of rotatable bonds is 2. The summed E-state index contributed by atoms with van der Waals surface area (Å²) in [5.41, 5.74) is 1.20. The van der Waals surface area contributed by atoms with Crippen molar-refractivity contribution in [3.05, 3.63) is 36.0 Å². The number of benzene rings is 1. The summed E-state index contributed by atoms with van der Waals surface area (Å²) in [6.07, 6.45) is 2.87. The minimum Gasteiger partial charge on any atom is -0.507 e. The molecule has 1 spiro atoms. The molecule has 136 valence electrons. The maximum atomic E-state index is 12.8. The molecule has 26 heavy (non-hydrogen) atoms. The first-order chi connectivity index (χ1) is 12.5. The molecule has 1 atom stereocenters. The predicted octanol–water partition coefficient (Wildman–Crippen LogP) is 2.61. The summed E-state index contributed by atoms with van der Waals surface area (Å²) >= 11 is 0. The largest absolute Gasteiger partial charge is 0.507 e. The van der Waals surface area contributed by atoms with Crippen LogP contribution in [0.5, 0.6) is 5.75 Å². The Morgan fingerprint density at radius 3 is 2.77 bits per heavy atom. The summed E-state index contributed by atoms with van der Waals surface area (Å²) < 4.78 is 0. The van der Waals surface area contributed by atoms with E-state index >= 15 is 0 Å². The molecule has 0 saturated carbocycles. The number of aromatic nitrogens is 2. The quantitative estimate of drug-likeness (QED) is 0.900. The smallest absolute Gasteiger partial charge is 0.230 e. The summed E-state index contributed by atoms with van der Waals surface area (Å²) in [7, 11) is 1.90. The molecule has 6 nitrogen and oxygen atoms in total. The average molecular weight is 352 g/mol. The number of amides is 1. The topological polar surface area (TPSA) is 69.6 Å². The summed E-state index contributed by atoms with van der Waals surface area (Å²) in [6, 6.07) is 9.06. The molecular weight excluding hydrogens is 328 g/mol. The molecule has 2 aliphatic rings. The number of phenols is 1. The van der Waals surface area contributed by atoms with Crippen molar-refractivity contribution in [2.45, 2.75) is 26.2 Å². The number of hydrogen-bond donors (Lipinski definition) is 1. The Morgan fingerprint density at radius 2 is 1.96 bits per heavy atom. The Balaban J connectivity index is 1.65. The summed E-state index contributed by atoms with van der Waals surface area (Å²) in [4.78, 5) is 26.0. The number of nitrogens with zero attached hydrogens (tertiary/aromatic N) is 4. The van der Waals surface area contributed by atoms with E-state index in [9.17, 15) is 9.90 Å². The molecule has 1 N–H and O–H groups in total. The third-order valence-electron chi connectivity index (χ3n) is 5.61. The lowest BCUT2D eigenvalue weighted by Gasteiger charge is -2.37. The van der Waals surface area contributed by atoms with E-state index in [1.165, 1.54) is 0 Å². The van der Waals surface area contributed by atoms with Crippen molar-refractivity contribution in [1.82, 2.24) is 14.9 Å². The van der Waals surface area contributed by atoms with E-state index in [0.29, 0.717) is 17.9 Å². The Morgan fingerprint density at radius 1 is 1.15 bits per heavy atom. The van der Waals surface area contributed by atoms with Gasteiger partial charge in [-0.15, -0.1) is 0 Å². The first-order valence-electron chi connectivity index (χ1n) is 9.13. The van der Waals surface area contributed by atoms with E-state index in [1.54, 1.807) is 12.1 Å². The van der Waals surface area contributed by atoms with E-state index < -0.39 is 0 Å². The third kappa shape index (κ3) is 2.79. The third-order valence-corrected chi connectivity index (χ3v) is 5.61. The number of phenolic OH excluding ortho intramolecular Hbond substituents is 1. The van der Waals surface area contributed by atoms with Crippen molar-refractivity contribution >= 4 is 11.7 Å².